The average Bonchev–Trinajstić information content (AvgIpc) is 2.43. The first-order valence-electron chi connectivity index (χ1n) is 7.77. The Bertz CT molecular complexity index is 395. The minimum absolute atomic E-state index is 0.181. The van der Waals surface area contributed by atoms with E-state index in [0.29, 0.717) is 25.7 Å². The van der Waals surface area contributed by atoms with E-state index in [0.717, 1.165) is 17.9 Å². The van der Waals surface area contributed by atoms with Crippen LogP contribution in [0.4, 0.5) is 5.69 Å². The van der Waals surface area contributed by atoms with Crippen LogP contribution in [0.25, 0.3) is 0 Å². The van der Waals surface area contributed by atoms with Crippen molar-refractivity contribution in [3.8, 4) is 5.75 Å². The highest BCUT2D eigenvalue weighted by atomic mass is 16.5. The number of hydrogen-bond acceptors (Lipinski definition) is 4. The van der Waals surface area contributed by atoms with Crippen LogP contribution in [-0.4, -0.2) is 37.1 Å². The van der Waals surface area contributed by atoms with Gasteiger partial charge in [0.15, 0.2) is 0 Å². The Morgan fingerprint density at radius 1 is 1.24 bits per heavy atom. The molecule has 0 heterocycles. The predicted octanol–water partition coefficient (Wildman–Crippen LogP) is 3.31. The van der Waals surface area contributed by atoms with Crippen LogP contribution < -0.4 is 10.1 Å². The van der Waals surface area contributed by atoms with Crippen LogP contribution >= 0.6 is 0 Å². The number of aliphatic hydroxyl groups is 1. The van der Waals surface area contributed by atoms with Crippen molar-refractivity contribution < 1.29 is 14.6 Å². The van der Waals surface area contributed by atoms with Gasteiger partial charge in [-0.3, -0.25) is 0 Å². The van der Waals surface area contributed by atoms with Gasteiger partial charge in [-0.15, -0.1) is 0 Å². The first-order valence-corrected chi connectivity index (χ1v) is 7.77. The molecule has 0 aliphatic carbocycles. The van der Waals surface area contributed by atoms with E-state index in [4.69, 9.17) is 9.47 Å². The van der Waals surface area contributed by atoms with Crippen molar-refractivity contribution in [2.45, 2.75) is 46.3 Å². The standard InChI is InChI=1S/C17H29NO3/c1-5-20-17-8-6-7-15(10-17)18-11-16(19)12-21-14(4)9-13(2)3/h6-8,10,13-14,16,18-19H,5,9,11-12H2,1-4H3. The molecule has 0 aliphatic rings. The predicted molar refractivity (Wildman–Crippen MR) is 87.0 cm³/mol. The molecule has 0 aliphatic heterocycles. The normalized spacial score (nSPS) is 14.0. The van der Waals surface area contributed by atoms with E-state index < -0.39 is 6.10 Å². The number of benzene rings is 1. The van der Waals surface area contributed by atoms with Crippen LogP contribution in [0, 0.1) is 5.92 Å². The minimum atomic E-state index is -0.518. The van der Waals surface area contributed by atoms with Gasteiger partial charge < -0.3 is 19.9 Å². The summed E-state index contributed by atoms with van der Waals surface area (Å²) in [4.78, 5) is 0. The zero-order valence-corrected chi connectivity index (χ0v) is 13.6. The maximum absolute atomic E-state index is 9.95. The number of nitrogens with one attached hydrogen (secondary N) is 1. The number of ether oxygens (including phenoxy) is 2. The number of aliphatic hydroxyl groups excluding tert-OH is 1. The summed E-state index contributed by atoms with van der Waals surface area (Å²) in [5.74, 6) is 1.44. The fraction of sp³-hybridized carbons (Fsp3) is 0.647. The zero-order valence-electron chi connectivity index (χ0n) is 13.6. The summed E-state index contributed by atoms with van der Waals surface area (Å²) in [6.45, 7) is 9.81. The van der Waals surface area contributed by atoms with Crippen molar-refractivity contribution in [2.24, 2.45) is 5.92 Å². The van der Waals surface area contributed by atoms with Gasteiger partial charge in [0.2, 0.25) is 0 Å². The van der Waals surface area contributed by atoms with Crippen molar-refractivity contribution in [1.29, 1.82) is 0 Å². The summed E-state index contributed by atoms with van der Waals surface area (Å²) < 4.78 is 11.1. The highest BCUT2D eigenvalue weighted by Crippen LogP contribution is 2.17. The van der Waals surface area contributed by atoms with Crippen LogP contribution in [0.5, 0.6) is 5.75 Å². The Balaban J connectivity index is 2.29. The lowest BCUT2D eigenvalue weighted by atomic mass is 10.1. The first kappa shape index (κ1) is 17.8. The molecule has 1 aromatic carbocycles. The molecule has 4 heteroatoms. The first-order chi connectivity index (χ1) is 10.0. The van der Waals surface area contributed by atoms with E-state index in [1.807, 2.05) is 38.1 Å². The van der Waals surface area contributed by atoms with Gasteiger partial charge in [-0.2, -0.15) is 0 Å². The van der Waals surface area contributed by atoms with E-state index in [1.165, 1.54) is 0 Å². The third-order valence-corrected chi connectivity index (χ3v) is 3.06. The summed E-state index contributed by atoms with van der Waals surface area (Å²) in [5.41, 5.74) is 0.940. The van der Waals surface area contributed by atoms with E-state index in [-0.39, 0.29) is 6.10 Å². The molecule has 0 amide bonds. The van der Waals surface area contributed by atoms with Gasteiger partial charge in [0.25, 0.3) is 0 Å². The maximum atomic E-state index is 9.95. The number of hydrogen-bond donors (Lipinski definition) is 2. The zero-order chi connectivity index (χ0) is 15.7. The molecule has 0 saturated carbocycles. The smallest absolute Gasteiger partial charge is 0.121 e. The van der Waals surface area contributed by atoms with Crippen molar-refractivity contribution in [3.63, 3.8) is 0 Å². The fourth-order valence-corrected chi connectivity index (χ4v) is 2.16. The second-order valence-electron chi connectivity index (χ2n) is 5.77. The van der Waals surface area contributed by atoms with Gasteiger partial charge >= 0.3 is 0 Å². The van der Waals surface area contributed by atoms with Crippen LogP contribution in [0.1, 0.15) is 34.1 Å². The molecule has 0 fully saturated rings. The van der Waals surface area contributed by atoms with Gasteiger partial charge in [0.1, 0.15) is 5.75 Å². The second kappa shape index (κ2) is 9.64. The molecule has 0 saturated heterocycles. The van der Waals surface area contributed by atoms with E-state index >= 15 is 0 Å². The molecule has 0 bridgehead atoms. The molecule has 1 aromatic rings. The summed E-state index contributed by atoms with van der Waals surface area (Å²) in [5, 5.41) is 13.1. The molecule has 0 spiro atoms. The Hall–Kier alpha value is -1.26. The lowest BCUT2D eigenvalue weighted by Gasteiger charge is -2.18. The molecule has 2 atom stereocenters. The molecule has 0 aromatic heterocycles. The van der Waals surface area contributed by atoms with E-state index in [9.17, 15) is 5.11 Å². The second-order valence-corrected chi connectivity index (χ2v) is 5.77. The Morgan fingerprint density at radius 3 is 2.67 bits per heavy atom. The topological polar surface area (TPSA) is 50.7 Å². The number of rotatable bonds is 10. The van der Waals surface area contributed by atoms with E-state index in [1.54, 1.807) is 0 Å². The molecule has 4 nitrogen and oxygen atoms in total. The Labute approximate surface area is 128 Å². The van der Waals surface area contributed by atoms with Crippen LogP contribution in [0.2, 0.25) is 0 Å². The van der Waals surface area contributed by atoms with Crippen LogP contribution in [0.3, 0.4) is 0 Å². The summed E-state index contributed by atoms with van der Waals surface area (Å²) in [6.07, 6.45) is 0.674. The molecule has 2 N–H and O–H groups in total. The molecule has 21 heavy (non-hydrogen) atoms. The molecule has 0 radical (unpaired) electrons. The van der Waals surface area contributed by atoms with Crippen molar-refractivity contribution >= 4 is 5.69 Å². The third kappa shape index (κ3) is 7.93. The molecular weight excluding hydrogens is 266 g/mol. The van der Waals surface area contributed by atoms with Crippen LogP contribution in [0.15, 0.2) is 24.3 Å². The van der Waals surface area contributed by atoms with Crippen molar-refractivity contribution in [3.05, 3.63) is 24.3 Å². The summed E-state index contributed by atoms with van der Waals surface area (Å²) in [6, 6.07) is 7.73. The Morgan fingerprint density at radius 2 is 2.00 bits per heavy atom. The number of anilines is 1. The highest BCUT2D eigenvalue weighted by molar-refractivity contribution is 5.48. The van der Waals surface area contributed by atoms with Crippen molar-refractivity contribution in [2.75, 3.05) is 25.1 Å². The average molecular weight is 295 g/mol. The molecular formula is C17H29NO3. The van der Waals surface area contributed by atoms with Gasteiger partial charge in [0.05, 0.1) is 25.4 Å². The quantitative estimate of drug-likeness (QED) is 0.695. The largest absolute Gasteiger partial charge is 0.494 e. The third-order valence-electron chi connectivity index (χ3n) is 3.06. The highest BCUT2D eigenvalue weighted by Gasteiger charge is 2.09. The maximum Gasteiger partial charge on any atom is 0.121 e. The van der Waals surface area contributed by atoms with Crippen molar-refractivity contribution in [1.82, 2.24) is 0 Å². The lowest BCUT2D eigenvalue weighted by molar-refractivity contribution is -0.00443. The van der Waals surface area contributed by atoms with E-state index in [2.05, 4.69) is 19.2 Å². The van der Waals surface area contributed by atoms with Crippen LogP contribution in [-0.2, 0) is 4.74 Å². The van der Waals surface area contributed by atoms with Gasteiger partial charge in [-0.1, -0.05) is 19.9 Å². The fourth-order valence-electron chi connectivity index (χ4n) is 2.16. The molecule has 120 valence electrons. The lowest BCUT2D eigenvalue weighted by Crippen LogP contribution is -2.27. The van der Waals surface area contributed by atoms with Gasteiger partial charge in [0, 0.05) is 18.3 Å². The Kier molecular flexibility index (Phi) is 8.16. The SMILES string of the molecule is CCOc1cccc(NCC(O)COC(C)CC(C)C)c1. The molecule has 2 unspecified atom stereocenters. The van der Waals surface area contributed by atoms with Gasteiger partial charge in [-0.25, -0.2) is 0 Å². The minimum Gasteiger partial charge on any atom is -0.494 e. The molecule has 1 rings (SSSR count). The summed E-state index contributed by atoms with van der Waals surface area (Å²) >= 11 is 0. The summed E-state index contributed by atoms with van der Waals surface area (Å²) in [7, 11) is 0. The van der Waals surface area contributed by atoms with Gasteiger partial charge in [-0.05, 0) is 38.3 Å². The monoisotopic (exact) mass is 295 g/mol.